The first-order valence-corrected chi connectivity index (χ1v) is 7.22. The second-order valence-electron chi connectivity index (χ2n) is 5.15. The molecule has 0 saturated carbocycles. The van der Waals surface area contributed by atoms with Crippen molar-refractivity contribution in [3.63, 3.8) is 0 Å². The highest BCUT2D eigenvalue weighted by molar-refractivity contribution is 6.30. The molecule has 0 unspecified atom stereocenters. The van der Waals surface area contributed by atoms with Crippen LogP contribution in [0.1, 0.15) is 25.8 Å². The molecule has 4 nitrogen and oxygen atoms in total. The molecular weight excluding hydrogens is 276 g/mol. The Bertz CT molecular complexity index is 449. The van der Waals surface area contributed by atoms with Gasteiger partial charge in [-0.3, -0.25) is 9.69 Å². The smallest absolute Gasteiger partial charge is 0.238 e. The first-order valence-electron chi connectivity index (χ1n) is 6.85. The van der Waals surface area contributed by atoms with Gasteiger partial charge in [0.15, 0.2) is 0 Å². The highest BCUT2D eigenvalue weighted by atomic mass is 35.5. The fraction of sp³-hybridized carbons (Fsp3) is 0.533. The van der Waals surface area contributed by atoms with Gasteiger partial charge in [-0.15, -0.1) is 0 Å². The number of carbonyl (C=O) groups is 1. The highest BCUT2D eigenvalue weighted by Crippen LogP contribution is 2.19. The average Bonchev–Trinajstić information content (AvgIpc) is 2.37. The maximum Gasteiger partial charge on any atom is 0.238 e. The fourth-order valence-electron chi connectivity index (χ4n) is 1.94. The molecule has 0 aliphatic carbocycles. The second-order valence-corrected chi connectivity index (χ2v) is 5.59. The zero-order valence-electron chi connectivity index (χ0n) is 12.3. The maximum atomic E-state index is 12.1. The number of hydrogen-bond acceptors (Lipinski definition) is 3. The lowest BCUT2D eigenvalue weighted by molar-refractivity contribution is -0.117. The Kier molecular flexibility index (Phi) is 6.99. The number of aliphatic hydroxyl groups excluding tert-OH is 1. The number of halogens is 1. The lowest BCUT2D eigenvalue weighted by Gasteiger charge is -2.25. The molecular formula is C15H23ClN2O2. The van der Waals surface area contributed by atoms with Gasteiger partial charge in [0, 0.05) is 29.9 Å². The zero-order chi connectivity index (χ0) is 15.1. The zero-order valence-corrected chi connectivity index (χ0v) is 13.1. The molecule has 0 saturated heterocycles. The Balaban J connectivity index is 2.61. The quantitative estimate of drug-likeness (QED) is 0.814. The minimum atomic E-state index is -0.0536. The number of benzene rings is 1. The number of hydrogen-bond donors (Lipinski definition) is 2. The van der Waals surface area contributed by atoms with Crippen LogP contribution in [-0.4, -0.2) is 41.7 Å². The highest BCUT2D eigenvalue weighted by Gasteiger charge is 2.14. The van der Waals surface area contributed by atoms with Gasteiger partial charge in [-0.25, -0.2) is 0 Å². The van der Waals surface area contributed by atoms with Crippen molar-refractivity contribution in [2.24, 2.45) is 0 Å². The predicted octanol–water partition coefficient (Wildman–Crippen LogP) is 2.68. The molecule has 1 rings (SSSR count). The standard InChI is InChI=1S/C15H23ClN2O2/c1-11(2)18(7-4-8-19)10-15(20)17-14-6-5-13(16)9-12(14)3/h5-6,9,11,19H,4,7-8,10H2,1-3H3,(H,17,20). The van der Waals surface area contributed by atoms with Crippen LogP contribution in [0, 0.1) is 6.92 Å². The SMILES string of the molecule is Cc1cc(Cl)ccc1NC(=O)CN(CCCO)C(C)C. The molecule has 0 atom stereocenters. The number of aliphatic hydroxyl groups is 1. The van der Waals surface area contributed by atoms with Crippen molar-refractivity contribution in [3.05, 3.63) is 28.8 Å². The Morgan fingerprint density at radius 3 is 2.70 bits per heavy atom. The van der Waals surface area contributed by atoms with E-state index in [0.29, 0.717) is 24.5 Å². The summed E-state index contributed by atoms with van der Waals surface area (Å²) < 4.78 is 0. The van der Waals surface area contributed by atoms with E-state index in [1.54, 1.807) is 6.07 Å². The van der Waals surface area contributed by atoms with Gasteiger partial charge in [-0.05, 0) is 51.0 Å². The number of anilines is 1. The summed E-state index contributed by atoms with van der Waals surface area (Å²) in [7, 11) is 0. The Labute approximate surface area is 125 Å². The molecule has 0 radical (unpaired) electrons. The molecule has 0 bridgehead atoms. The number of rotatable bonds is 7. The largest absolute Gasteiger partial charge is 0.396 e. The molecule has 0 aliphatic heterocycles. The van der Waals surface area contributed by atoms with Gasteiger partial charge < -0.3 is 10.4 Å². The van der Waals surface area contributed by atoms with Gasteiger partial charge in [0.1, 0.15) is 0 Å². The van der Waals surface area contributed by atoms with E-state index in [2.05, 4.69) is 5.32 Å². The van der Waals surface area contributed by atoms with E-state index in [-0.39, 0.29) is 18.6 Å². The van der Waals surface area contributed by atoms with Crippen molar-refractivity contribution in [1.82, 2.24) is 4.90 Å². The van der Waals surface area contributed by atoms with Crippen molar-refractivity contribution in [3.8, 4) is 0 Å². The van der Waals surface area contributed by atoms with Gasteiger partial charge in [0.2, 0.25) is 5.91 Å². The van der Waals surface area contributed by atoms with Crippen LogP contribution in [0.4, 0.5) is 5.69 Å². The molecule has 112 valence electrons. The van der Waals surface area contributed by atoms with Crippen LogP contribution in [0.3, 0.4) is 0 Å². The molecule has 20 heavy (non-hydrogen) atoms. The molecule has 5 heteroatoms. The second kappa shape index (κ2) is 8.25. The predicted molar refractivity (Wildman–Crippen MR) is 83.2 cm³/mol. The minimum absolute atomic E-state index is 0.0536. The van der Waals surface area contributed by atoms with Crippen molar-refractivity contribution >= 4 is 23.2 Å². The van der Waals surface area contributed by atoms with Crippen LogP contribution in [0.15, 0.2) is 18.2 Å². The van der Waals surface area contributed by atoms with Crippen LogP contribution in [-0.2, 0) is 4.79 Å². The summed E-state index contributed by atoms with van der Waals surface area (Å²) in [6.45, 7) is 7.16. The summed E-state index contributed by atoms with van der Waals surface area (Å²) in [5, 5.41) is 12.4. The summed E-state index contributed by atoms with van der Waals surface area (Å²) in [6, 6.07) is 5.65. The molecule has 1 amide bonds. The number of carbonyl (C=O) groups excluding carboxylic acids is 1. The molecule has 2 N–H and O–H groups in total. The normalized spacial score (nSPS) is 11.2. The molecule has 0 aliphatic rings. The van der Waals surface area contributed by atoms with Gasteiger partial charge >= 0.3 is 0 Å². The summed E-state index contributed by atoms with van der Waals surface area (Å²) >= 11 is 5.89. The van der Waals surface area contributed by atoms with Gasteiger partial charge in [0.25, 0.3) is 0 Å². The van der Waals surface area contributed by atoms with E-state index in [9.17, 15) is 4.79 Å². The molecule has 1 aromatic rings. The Morgan fingerprint density at radius 2 is 2.15 bits per heavy atom. The maximum absolute atomic E-state index is 12.1. The van der Waals surface area contributed by atoms with E-state index in [4.69, 9.17) is 16.7 Å². The van der Waals surface area contributed by atoms with Gasteiger partial charge in [0.05, 0.1) is 6.54 Å². The Hall–Kier alpha value is -1.10. The van der Waals surface area contributed by atoms with E-state index >= 15 is 0 Å². The molecule has 0 fully saturated rings. The third-order valence-electron chi connectivity index (χ3n) is 3.14. The fourth-order valence-corrected chi connectivity index (χ4v) is 2.16. The van der Waals surface area contributed by atoms with Crippen LogP contribution in [0.5, 0.6) is 0 Å². The third kappa shape index (κ3) is 5.49. The molecule has 0 spiro atoms. The van der Waals surface area contributed by atoms with E-state index < -0.39 is 0 Å². The summed E-state index contributed by atoms with van der Waals surface area (Å²) in [5.41, 5.74) is 1.72. The van der Waals surface area contributed by atoms with Crippen molar-refractivity contribution in [2.45, 2.75) is 33.2 Å². The van der Waals surface area contributed by atoms with Crippen LogP contribution >= 0.6 is 11.6 Å². The minimum Gasteiger partial charge on any atom is -0.396 e. The topological polar surface area (TPSA) is 52.6 Å². The van der Waals surface area contributed by atoms with Crippen molar-refractivity contribution < 1.29 is 9.90 Å². The number of amides is 1. The average molecular weight is 299 g/mol. The van der Waals surface area contributed by atoms with Crippen LogP contribution < -0.4 is 5.32 Å². The van der Waals surface area contributed by atoms with Gasteiger partial charge in [-0.2, -0.15) is 0 Å². The van der Waals surface area contributed by atoms with Crippen molar-refractivity contribution in [2.75, 3.05) is 25.0 Å². The van der Waals surface area contributed by atoms with Crippen LogP contribution in [0.25, 0.3) is 0 Å². The van der Waals surface area contributed by atoms with E-state index in [1.807, 2.05) is 37.8 Å². The summed E-state index contributed by atoms with van der Waals surface area (Å²) in [5.74, 6) is -0.0536. The number of nitrogens with zero attached hydrogens (tertiary/aromatic N) is 1. The molecule has 0 heterocycles. The lowest BCUT2D eigenvalue weighted by Crippen LogP contribution is -2.39. The van der Waals surface area contributed by atoms with Crippen molar-refractivity contribution in [1.29, 1.82) is 0 Å². The number of nitrogens with one attached hydrogen (secondary N) is 1. The van der Waals surface area contributed by atoms with E-state index in [0.717, 1.165) is 11.3 Å². The summed E-state index contributed by atoms with van der Waals surface area (Å²) in [6.07, 6.45) is 0.672. The first kappa shape index (κ1) is 17.0. The molecule has 1 aromatic carbocycles. The van der Waals surface area contributed by atoms with E-state index in [1.165, 1.54) is 0 Å². The Morgan fingerprint density at radius 1 is 1.45 bits per heavy atom. The first-order chi connectivity index (χ1) is 9.43. The van der Waals surface area contributed by atoms with Gasteiger partial charge in [-0.1, -0.05) is 11.6 Å². The number of aryl methyl sites for hydroxylation is 1. The summed E-state index contributed by atoms with van der Waals surface area (Å²) in [4.78, 5) is 14.1. The lowest BCUT2D eigenvalue weighted by atomic mass is 10.2. The third-order valence-corrected chi connectivity index (χ3v) is 3.38. The molecule has 0 aromatic heterocycles. The van der Waals surface area contributed by atoms with Crippen LogP contribution in [0.2, 0.25) is 5.02 Å². The monoisotopic (exact) mass is 298 g/mol.